The van der Waals surface area contributed by atoms with Crippen LogP contribution in [0.3, 0.4) is 0 Å². The summed E-state index contributed by atoms with van der Waals surface area (Å²) in [6.07, 6.45) is 0. The highest BCUT2D eigenvalue weighted by Crippen LogP contribution is 2.21. The van der Waals surface area contributed by atoms with Crippen molar-refractivity contribution in [1.82, 2.24) is 0 Å². The van der Waals surface area contributed by atoms with Crippen LogP contribution >= 0.6 is 11.6 Å². The first-order valence-electron chi connectivity index (χ1n) is 6.37. The molecule has 0 spiro atoms. The van der Waals surface area contributed by atoms with Crippen molar-refractivity contribution in [1.29, 1.82) is 0 Å². The van der Waals surface area contributed by atoms with Gasteiger partial charge in [0.1, 0.15) is 24.8 Å². The summed E-state index contributed by atoms with van der Waals surface area (Å²) in [4.78, 5) is 0. The van der Waals surface area contributed by atoms with E-state index in [0.717, 1.165) is 11.1 Å². The quantitative estimate of drug-likeness (QED) is 0.876. The summed E-state index contributed by atoms with van der Waals surface area (Å²) in [5.41, 5.74) is 2.45. The molecule has 0 unspecified atom stereocenters. The van der Waals surface area contributed by atoms with Crippen molar-refractivity contribution < 1.29 is 14.2 Å². The molecule has 0 bridgehead atoms. The Bertz CT molecular complexity index is 702. The maximum Gasteiger partial charge on any atom is 0.142 e. The molecule has 2 nitrogen and oxygen atoms in total. The van der Waals surface area contributed by atoms with Gasteiger partial charge in [-0.2, -0.15) is 0 Å². The highest BCUT2D eigenvalue weighted by molar-refractivity contribution is 6.30. The standard InChI is InChI=1S/C17H14ClFO2/c1-12-9-13(3-2-8-20)5-7-17(12)21-11-14-4-6-15(18)16(19)10-14/h4-7,9-10,20H,8,11H2,1H3. The molecule has 0 fully saturated rings. The summed E-state index contributed by atoms with van der Waals surface area (Å²) in [5, 5.41) is 8.76. The van der Waals surface area contributed by atoms with Crippen LogP contribution in [-0.4, -0.2) is 11.7 Å². The van der Waals surface area contributed by atoms with E-state index < -0.39 is 5.82 Å². The molecule has 0 atom stereocenters. The lowest BCUT2D eigenvalue weighted by Crippen LogP contribution is -1.98. The summed E-state index contributed by atoms with van der Waals surface area (Å²) in [5.74, 6) is 5.67. The van der Waals surface area contributed by atoms with E-state index in [1.54, 1.807) is 6.07 Å². The summed E-state index contributed by atoms with van der Waals surface area (Å²) >= 11 is 5.64. The highest BCUT2D eigenvalue weighted by atomic mass is 35.5. The van der Waals surface area contributed by atoms with Gasteiger partial charge < -0.3 is 9.84 Å². The van der Waals surface area contributed by atoms with E-state index in [1.807, 2.05) is 25.1 Å². The van der Waals surface area contributed by atoms with Crippen molar-refractivity contribution in [3.8, 4) is 17.6 Å². The lowest BCUT2D eigenvalue weighted by atomic mass is 10.1. The van der Waals surface area contributed by atoms with Crippen molar-refractivity contribution in [2.45, 2.75) is 13.5 Å². The van der Waals surface area contributed by atoms with Gasteiger partial charge in [-0.25, -0.2) is 4.39 Å². The Kier molecular flexibility index (Phi) is 5.21. The number of ether oxygens (including phenoxy) is 1. The Labute approximate surface area is 128 Å². The first-order valence-corrected chi connectivity index (χ1v) is 6.75. The number of aliphatic hydroxyl groups excluding tert-OH is 1. The smallest absolute Gasteiger partial charge is 0.142 e. The Morgan fingerprint density at radius 3 is 2.71 bits per heavy atom. The summed E-state index contributed by atoms with van der Waals surface area (Å²) in [6, 6.07) is 10.1. The molecule has 0 aromatic heterocycles. The maximum atomic E-state index is 13.3. The predicted molar refractivity (Wildman–Crippen MR) is 80.9 cm³/mol. The molecule has 2 rings (SSSR count). The molecule has 0 aliphatic rings. The Morgan fingerprint density at radius 1 is 1.24 bits per heavy atom. The molecule has 2 aromatic rings. The number of hydrogen-bond donors (Lipinski definition) is 1. The largest absolute Gasteiger partial charge is 0.489 e. The van der Waals surface area contributed by atoms with Crippen molar-refractivity contribution in [2.75, 3.05) is 6.61 Å². The van der Waals surface area contributed by atoms with Crippen LogP contribution in [0.5, 0.6) is 5.75 Å². The third kappa shape index (κ3) is 4.22. The SMILES string of the molecule is Cc1cc(C#CCO)ccc1OCc1ccc(Cl)c(F)c1. The van der Waals surface area contributed by atoms with Crippen LogP contribution in [0.2, 0.25) is 5.02 Å². The molecule has 0 heterocycles. The van der Waals surface area contributed by atoms with Crippen LogP contribution in [0.25, 0.3) is 0 Å². The van der Waals surface area contributed by atoms with Crippen molar-refractivity contribution in [3.05, 3.63) is 63.9 Å². The molecule has 0 saturated carbocycles. The second-order valence-corrected chi connectivity index (χ2v) is 4.88. The van der Waals surface area contributed by atoms with E-state index in [0.29, 0.717) is 11.3 Å². The lowest BCUT2D eigenvalue weighted by molar-refractivity contribution is 0.303. The van der Waals surface area contributed by atoms with E-state index in [-0.39, 0.29) is 18.2 Å². The minimum absolute atomic E-state index is 0.0988. The molecule has 0 amide bonds. The van der Waals surface area contributed by atoms with E-state index in [2.05, 4.69) is 11.8 Å². The Morgan fingerprint density at radius 2 is 2.05 bits per heavy atom. The molecule has 0 radical (unpaired) electrons. The van der Waals surface area contributed by atoms with Gasteiger partial charge in [0.25, 0.3) is 0 Å². The molecule has 0 aliphatic heterocycles. The summed E-state index contributed by atoms with van der Waals surface area (Å²) in [6.45, 7) is 2.00. The van der Waals surface area contributed by atoms with E-state index >= 15 is 0 Å². The lowest BCUT2D eigenvalue weighted by Gasteiger charge is -2.10. The minimum atomic E-state index is -0.455. The summed E-state index contributed by atoms with van der Waals surface area (Å²) in [7, 11) is 0. The number of rotatable bonds is 3. The Balaban J connectivity index is 2.07. The van der Waals surface area contributed by atoms with Crippen LogP contribution in [0.15, 0.2) is 36.4 Å². The summed E-state index contributed by atoms with van der Waals surface area (Å²) < 4.78 is 19.0. The van der Waals surface area contributed by atoms with Crippen LogP contribution < -0.4 is 4.74 Å². The normalized spacial score (nSPS) is 9.90. The molecule has 0 saturated heterocycles. The molecule has 1 N–H and O–H groups in total. The molecule has 2 aromatic carbocycles. The van der Waals surface area contributed by atoms with Gasteiger partial charge in [0.2, 0.25) is 0 Å². The van der Waals surface area contributed by atoms with Crippen molar-refractivity contribution in [3.63, 3.8) is 0 Å². The van der Waals surface area contributed by atoms with Crippen LogP contribution in [0.1, 0.15) is 16.7 Å². The minimum Gasteiger partial charge on any atom is -0.489 e. The molecule has 4 heteroatoms. The van der Waals surface area contributed by atoms with Gasteiger partial charge in [-0.1, -0.05) is 29.5 Å². The molecule has 21 heavy (non-hydrogen) atoms. The number of aryl methyl sites for hydroxylation is 1. The first kappa shape index (κ1) is 15.4. The maximum absolute atomic E-state index is 13.3. The average molecular weight is 305 g/mol. The fourth-order valence-electron chi connectivity index (χ4n) is 1.82. The van der Waals surface area contributed by atoms with Crippen LogP contribution in [0, 0.1) is 24.6 Å². The molecular formula is C17H14ClFO2. The number of hydrogen-bond acceptors (Lipinski definition) is 2. The van der Waals surface area contributed by atoms with Gasteiger partial charge in [0.15, 0.2) is 0 Å². The van der Waals surface area contributed by atoms with Gasteiger partial charge in [-0.15, -0.1) is 0 Å². The molecular weight excluding hydrogens is 291 g/mol. The van der Waals surface area contributed by atoms with Gasteiger partial charge in [0.05, 0.1) is 5.02 Å². The zero-order chi connectivity index (χ0) is 15.2. The van der Waals surface area contributed by atoms with Crippen molar-refractivity contribution in [2.24, 2.45) is 0 Å². The number of aliphatic hydroxyl groups is 1. The van der Waals surface area contributed by atoms with E-state index in [9.17, 15) is 4.39 Å². The zero-order valence-electron chi connectivity index (χ0n) is 11.5. The third-order valence-electron chi connectivity index (χ3n) is 2.87. The fourth-order valence-corrected chi connectivity index (χ4v) is 1.94. The average Bonchev–Trinajstić information content (AvgIpc) is 2.47. The first-order chi connectivity index (χ1) is 10.1. The second kappa shape index (κ2) is 7.12. The molecule has 108 valence electrons. The highest BCUT2D eigenvalue weighted by Gasteiger charge is 2.04. The third-order valence-corrected chi connectivity index (χ3v) is 3.17. The second-order valence-electron chi connectivity index (χ2n) is 4.48. The van der Waals surface area contributed by atoms with Gasteiger partial charge in [0, 0.05) is 5.56 Å². The monoisotopic (exact) mass is 304 g/mol. The zero-order valence-corrected chi connectivity index (χ0v) is 12.2. The predicted octanol–water partition coefficient (Wildman–Crippen LogP) is 3.71. The van der Waals surface area contributed by atoms with E-state index in [1.165, 1.54) is 12.1 Å². The molecule has 0 aliphatic carbocycles. The van der Waals surface area contributed by atoms with Gasteiger partial charge >= 0.3 is 0 Å². The van der Waals surface area contributed by atoms with Gasteiger partial charge in [-0.05, 0) is 48.4 Å². The topological polar surface area (TPSA) is 29.5 Å². The van der Waals surface area contributed by atoms with E-state index in [4.69, 9.17) is 21.4 Å². The fraction of sp³-hybridized carbons (Fsp3) is 0.176. The van der Waals surface area contributed by atoms with Crippen molar-refractivity contribution >= 4 is 11.6 Å². The van der Waals surface area contributed by atoms with Crippen LogP contribution in [-0.2, 0) is 6.61 Å². The van der Waals surface area contributed by atoms with Gasteiger partial charge in [-0.3, -0.25) is 0 Å². The Hall–Kier alpha value is -2.02. The number of benzene rings is 2. The number of halogens is 2. The van der Waals surface area contributed by atoms with Crippen LogP contribution in [0.4, 0.5) is 4.39 Å².